The Labute approximate surface area is 118 Å². The number of hydrogen-bond acceptors (Lipinski definition) is 4. The highest BCUT2D eigenvalue weighted by molar-refractivity contribution is 6.02. The van der Waals surface area contributed by atoms with Gasteiger partial charge < -0.3 is 10.6 Å². The molecule has 0 spiro atoms. The maximum atomic E-state index is 11.4. The molecular formula is C15H19N3O2. The number of nitrogens with one attached hydrogen (secondary N) is 1. The molecule has 1 heterocycles. The first-order valence-electron chi connectivity index (χ1n) is 7.04. The first-order chi connectivity index (χ1) is 9.57. The van der Waals surface area contributed by atoms with Gasteiger partial charge in [0, 0.05) is 11.2 Å². The lowest BCUT2D eigenvalue weighted by molar-refractivity contribution is -0.130. The number of carbonyl (C=O) groups excluding carboxylic acids is 2. The molecule has 0 unspecified atom stereocenters. The van der Waals surface area contributed by atoms with E-state index in [0.29, 0.717) is 0 Å². The number of nitrogens with zero attached hydrogens (tertiary/aromatic N) is 1. The summed E-state index contributed by atoms with van der Waals surface area (Å²) in [6.45, 7) is 0.442. The zero-order chi connectivity index (χ0) is 14.2. The predicted molar refractivity (Wildman–Crippen MR) is 76.1 cm³/mol. The largest absolute Gasteiger partial charge is 0.353 e. The van der Waals surface area contributed by atoms with Crippen LogP contribution < -0.4 is 16.0 Å². The van der Waals surface area contributed by atoms with E-state index in [2.05, 4.69) is 5.32 Å². The second-order valence-corrected chi connectivity index (χ2v) is 5.74. The molecule has 1 aromatic carbocycles. The Morgan fingerprint density at radius 1 is 1.00 bits per heavy atom. The molecule has 1 saturated carbocycles. The van der Waals surface area contributed by atoms with E-state index in [1.54, 1.807) is 4.90 Å². The van der Waals surface area contributed by atoms with E-state index in [1.807, 2.05) is 24.3 Å². The van der Waals surface area contributed by atoms with Gasteiger partial charge in [-0.05, 0) is 30.5 Å². The van der Waals surface area contributed by atoms with Crippen LogP contribution in [0.25, 0.3) is 0 Å². The van der Waals surface area contributed by atoms with Crippen molar-refractivity contribution in [1.82, 2.24) is 5.32 Å². The fraction of sp³-hybridized carbons (Fsp3) is 0.467. The Hall–Kier alpha value is -1.88. The van der Waals surface area contributed by atoms with E-state index in [9.17, 15) is 9.59 Å². The van der Waals surface area contributed by atoms with Gasteiger partial charge in [-0.15, -0.1) is 0 Å². The van der Waals surface area contributed by atoms with Crippen molar-refractivity contribution in [2.45, 2.75) is 31.2 Å². The van der Waals surface area contributed by atoms with Crippen molar-refractivity contribution in [3.8, 4) is 0 Å². The summed E-state index contributed by atoms with van der Waals surface area (Å²) in [5, 5.41) is 2.30. The van der Waals surface area contributed by atoms with Gasteiger partial charge in [-0.25, -0.2) is 0 Å². The minimum absolute atomic E-state index is 0.201. The second-order valence-electron chi connectivity index (χ2n) is 5.74. The van der Waals surface area contributed by atoms with Gasteiger partial charge in [0.05, 0.1) is 13.1 Å². The summed E-state index contributed by atoms with van der Waals surface area (Å²) < 4.78 is 0. The molecule has 0 bridgehead atoms. The molecule has 0 aromatic heterocycles. The molecule has 0 radical (unpaired) electrons. The van der Waals surface area contributed by atoms with Gasteiger partial charge in [-0.1, -0.05) is 25.0 Å². The van der Waals surface area contributed by atoms with Crippen molar-refractivity contribution in [3.05, 3.63) is 29.8 Å². The lowest BCUT2D eigenvalue weighted by Crippen LogP contribution is -2.51. The molecule has 1 aromatic rings. The minimum atomic E-state index is -0.253. The van der Waals surface area contributed by atoms with E-state index in [4.69, 9.17) is 5.73 Å². The quantitative estimate of drug-likeness (QED) is 0.784. The molecule has 3 rings (SSSR count). The van der Waals surface area contributed by atoms with Crippen LogP contribution in [0.1, 0.15) is 31.2 Å². The van der Waals surface area contributed by atoms with Crippen LogP contribution in [0.2, 0.25) is 0 Å². The smallest absolute Gasteiger partial charge is 0.246 e. The van der Waals surface area contributed by atoms with E-state index in [0.717, 1.165) is 24.1 Å². The van der Waals surface area contributed by atoms with Crippen LogP contribution in [0, 0.1) is 0 Å². The first-order valence-corrected chi connectivity index (χ1v) is 7.04. The number of benzene rings is 1. The summed E-state index contributed by atoms with van der Waals surface area (Å²) in [6.07, 6.45) is 4.41. The van der Waals surface area contributed by atoms with Crippen molar-refractivity contribution in [3.63, 3.8) is 0 Å². The average molecular weight is 273 g/mol. The molecule has 1 aliphatic heterocycles. The highest BCUT2D eigenvalue weighted by Gasteiger charge is 2.31. The Bertz CT molecular complexity index is 517. The van der Waals surface area contributed by atoms with Gasteiger partial charge in [-0.3, -0.25) is 14.9 Å². The molecule has 3 N–H and O–H groups in total. The highest BCUT2D eigenvalue weighted by atomic mass is 16.2. The van der Waals surface area contributed by atoms with Gasteiger partial charge in [0.2, 0.25) is 11.8 Å². The van der Waals surface area contributed by atoms with E-state index in [-0.39, 0.29) is 30.4 Å². The predicted octanol–water partition coefficient (Wildman–Crippen LogP) is 0.877. The fourth-order valence-corrected chi connectivity index (χ4v) is 3.12. The Balaban J connectivity index is 1.79. The minimum Gasteiger partial charge on any atom is -0.353 e. The normalized spacial score (nSPS) is 21.9. The standard InChI is InChI=1S/C15H19N3O2/c16-15(7-1-2-8-15)11-3-5-12(6-4-11)18-9-13(19)17-14(20)10-18/h3-6H,1-2,7-10,16H2,(H,17,19,20). The molecule has 2 fully saturated rings. The third kappa shape index (κ3) is 2.41. The van der Waals surface area contributed by atoms with Crippen LogP contribution >= 0.6 is 0 Å². The number of nitrogens with two attached hydrogens (primary N) is 1. The van der Waals surface area contributed by atoms with Gasteiger partial charge in [0.1, 0.15) is 0 Å². The van der Waals surface area contributed by atoms with Gasteiger partial charge in [0.25, 0.3) is 0 Å². The molecule has 5 heteroatoms. The number of hydrogen-bond donors (Lipinski definition) is 2. The van der Waals surface area contributed by atoms with Crippen LogP contribution in [0.5, 0.6) is 0 Å². The molecule has 5 nitrogen and oxygen atoms in total. The Kier molecular flexibility index (Phi) is 3.22. The maximum absolute atomic E-state index is 11.4. The van der Waals surface area contributed by atoms with Crippen LogP contribution in [0.3, 0.4) is 0 Å². The summed E-state index contributed by atoms with van der Waals surface area (Å²) >= 11 is 0. The van der Waals surface area contributed by atoms with Crippen LogP contribution in [-0.4, -0.2) is 24.9 Å². The maximum Gasteiger partial charge on any atom is 0.246 e. The Morgan fingerprint density at radius 2 is 1.55 bits per heavy atom. The van der Waals surface area contributed by atoms with Crippen molar-refractivity contribution in [2.24, 2.45) is 5.73 Å². The van der Waals surface area contributed by atoms with Crippen molar-refractivity contribution >= 4 is 17.5 Å². The molecule has 1 saturated heterocycles. The van der Waals surface area contributed by atoms with Crippen LogP contribution in [0.4, 0.5) is 5.69 Å². The monoisotopic (exact) mass is 273 g/mol. The number of piperazine rings is 1. The molecule has 0 atom stereocenters. The number of rotatable bonds is 2. The Morgan fingerprint density at radius 3 is 2.10 bits per heavy atom. The molecule has 2 aliphatic rings. The average Bonchev–Trinajstić information content (AvgIpc) is 2.86. The summed E-state index contributed by atoms with van der Waals surface area (Å²) in [5.41, 5.74) is 8.25. The summed E-state index contributed by atoms with van der Waals surface area (Å²) in [6, 6.07) is 7.96. The van der Waals surface area contributed by atoms with Crippen molar-refractivity contribution in [2.75, 3.05) is 18.0 Å². The lowest BCUT2D eigenvalue weighted by Gasteiger charge is -2.29. The topological polar surface area (TPSA) is 75.4 Å². The molecule has 2 amide bonds. The number of carbonyl (C=O) groups is 2. The first kappa shape index (κ1) is 13.1. The van der Waals surface area contributed by atoms with Gasteiger partial charge >= 0.3 is 0 Å². The fourth-order valence-electron chi connectivity index (χ4n) is 3.12. The molecule has 106 valence electrons. The summed E-state index contributed by atoms with van der Waals surface area (Å²) in [5.74, 6) is -0.507. The lowest BCUT2D eigenvalue weighted by atomic mass is 9.89. The van der Waals surface area contributed by atoms with E-state index < -0.39 is 0 Å². The third-order valence-electron chi connectivity index (χ3n) is 4.25. The SMILES string of the molecule is NC1(c2ccc(N3CC(=O)NC(=O)C3)cc2)CCCC1. The van der Waals surface area contributed by atoms with Crippen LogP contribution in [0.15, 0.2) is 24.3 Å². The number of anilines is 1. The van der Waals surface area contributed by atoms with Crippen molar-refractivity contribution < 1.29 is 9.59 Å². The summed E-state index contributed by atoms with van der Waals surface area (Å²) in [7, 11) is 0. The third-order valence-corrected chi connectivity index (χ3v) is 4.25. The zero-order valence-corrected chi connectivity index (χ0v) is 11.4. The van der Waals surface area contributed by atoms with E-state index in [1.165, 1.54) is 12.8 Å². The van der Waals surface area contributed by atoms with Crippen molar-refractivity contribution in [1.29, 1.82) is 0 Å². The summed E-state index contributed by atoms with van der Waals surface area (Å²) in [4.78, 5) is 24.6. The van der Waals surface area contributed by atoms with Crippen LogP contribution in [-0.2, 0) is 15.1 Å². The highest BCUT2D eigenvalue weighted by Crippen LogP contribution is 2.36. The van der Waals surface area contributed by atoms with Gasteiger partial charge in [0.15, 0.2) is 0 Å². The molecule has 20 heavy (non-hydrogen) atoms. The second kappa shape index (κ2) is 4.90. The molecular weight excluding hydrogens is 254 g/mol. The van der Waals surface area contributed by atoms with Gasteiger partial charge in [-0.2, -0.15) is 0 Å². The zero-order valence-electron chi connectivity index (χ0n) is 11.4. The molecule has 1 aliphatic carbocycles. The number of imide groups is 1. The number of amides is 2. The van der Waals surface area contributed by atoms with E-state index >= 15 is 0 Å².